The number of carbonyl (C=O) groups is 1. The van der Waals surface area contributed by atoms with E-state index in [1.807, 2.05) is 0 Å². The highest BCUT2D eigenvalue weighted by Gasteiger charge is 2.09. The molecule has 0 amide bonds. The topological polar surface area (TPSA) is 117 Å². The van der Waals surface area contributed by atoms with Gasteiger partial charge in [0.2, 0.25) is 0 Å². The highest BCUT2D eigenvalue weighted by atomic mass is 16.5. The molecule has 1 aromatic carbocycles. The van der Waals surface area contributed by atoms with Crippen molar-refractivity contribution >= 4 is 22.6 Å². The van der Waals surface area contributed by atoms with Crippen molar-refractivity contribution in [2.24, 2.45) is 0 Å². The maximum absolute atomic E-state index is 12.3. The van der Waals surface area contributed by atoms with Gasteiger partial charge in [0.05, 0.1) is 25.0 Å². The molecule has 0 saturated carbocycles. The van der Waals surface area contributed by atoms with Crippen LogP contribution >= 0.6 is 0 Å². The van der Waals surface area contributed by atoms with Crippen molar-refractivity contribution in [1.82, 2.24) is 34.6 Å². The molecule has 3 heterocycles. The first-order chi connectivity index (χ1) is 13.7. The van der Waals surface area contributed by atoms with Gasteiger partial charge in [-0.15, -0.1) is 10.2 Å². The molecule has 0 atom stereocenters. The summed E-state index contributed by atoms with van der Waals surface area (Å²) in [6.07, 6.45) is 4.64. The van der Waals surface area contributed by atoms with E-state index in [2.05, 4.69) is 25.4 Å². The molecular weight excluding hydrogens is 362 g/mol. The van der Waals surface area contributed by atoms with Crippen LogP contribution in [-0.4, -0.2) is 47.2 Å². The van der Waals surface area contributed by atoms with E-state index in [1.54, 1.807) is 47.2 Å². The monoisotopic (exact) mass is 379 g/mol. The lowest BCUT2D eigenvalue weighted by atomic mass is 10.2. The predicted octanol–water partition coefficient (Wildman–Crippen LogP) is 0.795. The molecule has 0 unspecified atom stereocenters. The molecule has 0 fully saturated rings. The molecule has 0 bridgehead atoms. The van der Waals surface area contributed by atoms with Crippen molar-refractivity contribution < 1.29 is 9.53 Å². The number of rotatable bonds is 7. The smallest absolute Gasteiger partial charge is 0.307 e. The van der Waals surface area contributed by atoms with Crippen LogP contribution in [0.5, 0.6) is 0 Å². The molecule has 4 aromatic rings. The van der Waals surface area contributed by atoms with E-state index in [-0.39, 0.29) is 25.1 Å². The van der Waals surface area contributed by atoms with Gasteiger partial charge in [0, 0.05) is 18.8 Å². The normalized spacial score (nSPS) is 11.1. The standard InChI is InChI=1S/C18H17N7O3/c26-16(8-11-24-17(27)13-5-1-2-6-14(13)21-23-24)28-12-3-7-15-20-18-19-9-4-10-25(18)22-15/h1-2,4-6,9-10H,3,7-8,11-12H2. The Bertz CT molecular complexity index is 1150. The Morgan fingerprint density at radius 3 is 2.96 bits per heavy atom. The molecule has 142 valence electrons. The number of fused-ring (bicyclic) bond motifs is 2. The van der Waals surface area contributed by atoms with Crippen molar-refractivity contribution in [3.8, 4) is 0 Å². The van der Waals surface area contributed by atoms with Crippen LogP contribution in [0.2, 0.25) is 0 Å². The molecule has 0 saturated heterocycles. The Morgan fingerprint density at radius 2 is 2.07 bits per heavy atom. The lowest BCUT2D eigenvalue weighted by molar-refractivity contribution is -0.144. The Labute approximate surface area is 158 Å². The van der Waals surface area contributed by atoms with Gasteiger partial charge >= 0.3 is 5.97 Å². The number of hydrogen-bond donors (Lipinski definition) is 0. The van der Waals surface area contributed by atoms with Crippen LogP contribution in [0.25, 0.3) is 16.7 Å². The second kappa shape index (κ2) is 7.91. The number of carbonyl (C=O) groups excluding carboxylic acids is 1. The van der Waals surface area contributed by atoms with Gasteiger partial charge in [-0.1, -0.05) is 17.3 Å². The number of benzene rings is 1. The summed E-state index contributed by atoms with van der Waals surface area (Å²) in [4.78, 5) is 32.6. The van der Waals surface area contributed by atoms with E-state index in [9.17, 15) is 9.59 Å². The molecule has 4 rings (SSSR count). The summed E-state index contributed by atoms with van der Waals surface area (Å²) in [5.74, 6) is 0.788. The molecule has 28 heavy (non-hydrogen) atoms. The van der Waals surface area contributed by atoms with Crippen molar-refractivity contribution in [1.29, 1.82) is 0 Å². The van der Waals surface area contributed by atoms with Crippen LogP contribution in [-0.2, 0) is 22.5 Å². The lowest BCUT2D eigenvalue weighted by Gasteiger charge is -2.05. The van der Waals surface area contributed by atoms with Gasteiger partial charge in [-0.3, -0.25) is 9.59 Å². The Kier molecular flexibility index (Phi) is 5.00. The van der Waals surface area contributed by atoms with E-state index in [0.29, 0.717) is 35.3 Å². The van der Waals surface area contributed by atoms with Crippen molar-refractivity contribution in [2.45, 2.75) is 25.8 Å². The Morgan fingerprint density at radius 1 is 1.18 bits per heavy atom. The first kappa shape index (κ1) is 17.7. The van der Waals surface area contributed by atoms with Gasteiger partial charge < -0.3 is 4.74 Å². The van der Waals surface area contributed by atoms with Gasteiger partial charge in [0.1, 0.15) is 5.52 Å². The SMILES string of the molecule is O=C(CCn1nnc2ccccc2c1=O)OCCCc1nc2ncccn2n1. The Balaban J connectivity index is 1.25. The molecule has 10 nitrogen and oxygen atoms in total. The summed E-state index contributed by atoms with van der Waals surface area (Å²) in [5, 5.41) is 12.6. The third-order valence-electron chi connectivity index (χ3n) is 4.13. The van der Waals surface area contributed by atoms with E-state index in [4.69, 9.17) is 4.74 Å². The zero-order chi connectivity index (χ0) is 19.3. The minimum atomic E-state index is -0.397. The molecule has 0 aliphatic rings. The average Bonchev–Trinajstić information content (AvgIpc) is 3.14. The van der Waals surface area contributed by atoms with Crippen molar-refractivity contribution in [2.75, 3.05) is 6.61 Å². The van der Waals surface area contributed by atoms with Crippen LogP contribution in [0.3, 0.4) is 0 Å². The molecule has 0 aliphatic carbocycles. The maximum Gasteiger partial charge on any atom is 0.307 e. The summed E-state index contributed by atoms with van der Waals surface area (Å²) in [5.41, 5.74) is 0.256. The van der Waals surface area contributed by atoms with E-state index < -0.39 is 5.97 Å². The average molecular weight is 379 g/mol. The highest BCUT2D eigenvalue weighted by Crippen LogP contribution is 2.04. The number of nitrogens with zero attached hydrogens (tertiary/aromatic N) is 7. The summed E-state index contributed by atoms with van der Waals surface area (Å²) < 4.78 is 7.99. The second-order valence-electron chi connectivity index (χ2n) is 6.10. The minimum absolute atomic E-state index is 0.0451. The third kappa shape index (κ3) is 3.85. The molecule has 0 spiro atoms. The lowest BCUT2D eigenvalue weighted by Crippen LogP contribution is -2.25. The van der Waals surface area contributed by atoms with E-state index in [1.165, 1.54) is 4.68 Å². The number of ether oxygens (including phenoxy) is 1. The third-order valence-corrected chi connectivity index (χ3v) is 4.13. The van der Waals surface area contributed by atoms with E-state index in [0.717, 1.165) is 0 Å². The van der Waals surface area contributed by atoms with Crippen LogP contribution in [0.15, 0.2) is 47.5 Å². The first-order valence-electron chi connectivity index (χ1n) is 8.85. The predicted molar refractivity (Wildman–Crippen MR) is 98.5 cm³/mol. The molecule has 0 aliphatic heterocycles. The first-order valence-corrected chi connectivity index (χ1v) is 8.85. The Hall–Kier alpha value is -3.69. The fourth-order valence-electron chi connectivity index (χ4n) is 2.74. The fourth-order valence-corrected chi connectivity index (χ4v) is 2.74. The van der Waals surface area contributed by atoms with E-state index >= 15 is 0 Å². The van der Waals surface area contributed by atoms with Crippen LogP contribution in [0.1, 0.15) is 18.7 Å². The fraction of sp³-hybridized carbons (Fsp3) is 0.278. The van der Waals surface area contributed by atoms with Gasteiger partial charge in [0.15, 0.2) is 5.82 Å². The molecule has 3 aromatic heterocycles. The number of esters is 1. The zero-order valence-electron chi connectivity index (χ0n) is 14.9. The summed E-state index contributed by atoms with van der Waals surface area (Å²) in [7, 11) is 0. The largest absolute Gasteiger partial charge is 0.466 e. The van der Waals surface area contributed by atoms with Gasteiger partial charge in [-0.2, -0.15) is 4.98 Å². The number of aryl methyl sites for hydroxylation is 2. The van der Waals surface area contributed by atoms with Crippen molar-refractivity contribution in [3.63, 3.8) is 0 Å². The summed E-state index contributed by atoms with van der Waals surface area (Å²) in [6.45, 7) is 0.370. The maximum atomic E-state index is 12.3. The summed E-state index contributed by atoms with van der Waals surface area (Å²) in [6, 6.07) is 8.73. The van der Waals surface area contributed by atoms with Gasteiger partial charge in [0.25, 0.3) is 11.3 Å². The van der Waals surface area contributed by atoms with Gasteiger partial charge in [-0.05, 0) is 24.6 Å². The minimum Gasteiger partial charge on any atom is -0.466 e. The second-order valence-corrected chi connectivity index (χ2v) is 6.10. The highest BCUT2D eigenvalue weighted by molar-refractivity contribution is 5.76. The van der Waals surface area contributed by atoms with Crippen LogP contribution < -0.4 is 5.56 Å². The summed E-state index contributed by atoms with van der Waals surface area (Å²) >= 11 is 0. The zero-order valence-corrected chi connectivity index (χ0v) is 14.9. The quantitative estimate of drug-likeness (QED) is 0.342. The number of aromatic nitrogens is 7. The van der Waals surface area contributed by atoms with Crippen molar-refractivity contribution in [3.05, 3.63) is 58.9 Å². The molecule has 0 radical (unpaired) electrons. The molecular formula is C18H17N7O3. The number of hydrogen-bond acceptors (Lipinski definition) is 8. The molecule has 10 heteroatoms. The van der Waals surface area contributed by atoms with Crippen LogP contribution in [0, 0.1) is 0 Å². The molecule has 0 N–H and O–H groups in total. The van der Waals surface area contributed by atoms with Gasteiger partial charge in [-0.25, -0.2) is 14.2 Å². The van der Waals surface area contributed by atoms with Crippen LogP contribution in [0.4, 0.5) is 0 Å².